The van der Waals surface area contributed by atoms with Gasteiger partial charge in [0.25, 0.3) is 5.91 Å². The number of amides is 2. The Labute approximate surface area is 167 Å². The molecule has 7 heteroatoms. The summed E-state index contributed by atoms with van der Waals surface area (Å²) in [4.78, 5) is 38.4. The second-order valence-electron chi connectivity index (χ2n) is 6.41. The van der Waals surface area contributed by atoms with Gasteiger partial charge in [0.2, 0.25) is 5.91 Å². The molecule has 0 aliphatic carbocycles. The van der Waals surface area contributed by atoms with Crippen molar-refractivity contribution in [1.82, 2.24) is 4.90 Å². The SMILES string of the molecule is CC(=O)c1ccc(NC(=O)C2CCCN2C(=O)c2ccc(Cl)c(Cl)c2)cc1. The third kappa shape index (κ3) is 4.31. The maximum Gasteiger partial charge on any atom is 0.254 e. The van der Waals surface area contributed by atoms with Crippen molar-refractivity contribution in [2.75, 3.05) is 11.9 Å². The Morgan fingerprint density at radius 1 is 1.00 bits per heavy atom. The van der Waals surface area contributed by atoms with Crippen LogP contribution in [-0.4, -0.2) is 35.1 Å². The van der Waals surface area contributed by atoms with Gasteiger partial charge in [0.1, 0.15) is 6.04 Å². The molecule has 2 aromatic rings. The van der Waals surface area contributed by atoms with Crippen LogP contribution in [-0.2, 0) is 4.79 Å². The average Bonchev–Trinajstić information content (AvgIpc) is 3.13. The van der Waals surface area contributed by atoms with Gasteiger partial charge in [0, 0.05) is 23.4 Å². The number of rotatable bonds is 4. The summed E-state index contributed by atoms with van der Waals surface area (Å²) < 4.78 is 0. The molecule has 0 radical (unpaired) electrons. The van der Waals surface area contributed by atoms with E-state index in [1.807, 2.05) is 0 Å². The summed E-state index contributed by atoms with van der Waals surface area (Å²) in [5.41, 5.74) is 1.55. The van der Waals surface area contributed by atoms with Gasteiger partial charge >= 0.3 is 0 Å². The zero-order valence-electron chi connectivity index (χ0n) is 14.7. The van der Waals surface area contributed by atoms with Crippen molar-refractivity contribution in [3.8, 4) is 0 Å². The summed E-state index contributed by atoms with van der Waals surface area (Å²) in [6.45, 7) is 1.99. The summed E-state index contributed by atoms with van der Waals surface area (Å²) in [7, 11) is 0. The zero-order chi connectivity index (χ0) is 19.6. The van der Waals surface area contributed by atoms with E-state index < -0.39 is 6.04 Å². The molecule has 5 nitrogen and oxygen atoms in total. The van der Waals surface area contributed by atoms with Crippen LogP contribution in [0.4, 0.5) is 5.69 Å². The van der Waals surface area contributed by atoms with Crippen LogP contribution in [0, 0.1) is 0 Å². The minimum Gasteiger partial charge on any atom is -0.327 e. The fourth-order valence-corrected chi connectivity index (χ4v) is 3.39. The lowest BCUT2D eigenvalue weighted by molar-refractivity contribution is -0.119. The van der Waals surface area contributed by atoms with E-state index in [2.05, 4.69) is 5.32 Å². The maximum absolute atomic E-state index is 12.8. The number of anilines is 1. The number of Topliss-reactive ketones (excluding diaryl/α,β-unsaturated/α-hetero) is 1. The van der Waals surface area contributed by atoms with E-state index in [9.17, 15) is 14.4 Å². The number of halogens is 2. The van der Waals surface area contributed by atoms with Gasteiger partial charge in [0.05, 0.1) is 10.0 Å². The second kappa shape index (κ2) is 8.11. The zero-order valence-corrected chi connectivity index (χ0v) is 16.2. The molecule has 0 bridgehead atoms. The highest BCUT2D eigenvalue weighted by atomic mass is 35.5. The van der Waals surface area contributed by atoms with Gasteiger partial charge in [-0.05, 0) is 62.2 Å². The number of ketones is 1. The molecule has 0 aromatic heterocycles. The van der Waals surface area contributed by atoms with Crippen molar-refractivity contribution in [1.29, 1.82) is 0 Å². The summed E-state index contributed by atoms with van der Waals surface area (Å²) in [6.07, 6.45) is 1.33. The Balaban J connectivity index is 1.73. The molecule has 0 spiro atoms. The summed E-state index contributed by atoms with van der Waals surface area (Å²) >= 11 is 11.9. The van der Waals surface area contributed by atoms with Crippen molar-refractivity contribution in [3.63, 3.8) is 0 Å². The molecular weight excluding hydrogens is 387 g/mol. The highest BCUT2D eigenvalue weighted by Crippen LogP contribution is 2.26. The number of hydrogen-bond donors (Lipinski definition) is 1. The minimum absolute atomic E-state index is 0.0398. The highest BCUT2D eigenvalue weighted by Gasteiger charge is 2.34. The van der Waals surface area contributed by atoms with E-state index in [1.54, 1.807) is 41.3 Å². The van der Waals surface area contributed by atoms with Crippen LogP contribution in [0.15, 0.2) is 42.5 Å². The third-order valence-electron chi connectivity index (χ3n) is 4.54. The van der Waals surface area contributed by atoms with Crippen molar-refractivity contribution in [2.45, 2.75) is 25.8 Å². The van der Waals surface area contributed by atoms with Crippen LogP contribution < -0.4 is 5.32 Å². The predicted octanol–water partition coefficient (Wildman–Crippen LogP) is 4.44. The maximum atomic E-state index is 12.8. The molecule has 3 rings (SSSR count). The van der Waals surface area contributed by atoms with Crippen molar-refractivity contribution in [3.05, 3.63) is 63.6 Å². The molecule has 1 fully saturated rings. The second-order valence-corrected chi connectivity index (χ2v) is 7.22. The number of nitrogens with one attached hydrogen (secondary N) is 1. The number of nitrogens with zero attached hydrogens (tertiary/aromatic N) is 1. The first-order valence-electron chi connectivity index (χ1n) is 8.54. The third-order valence-corrected chi connectivity index (χ3v) is 5.28. The lowest BCUT2D eigenvalue weighted by Gasteiger charge is -2.24. The molecule has 1 aliphatic heterocycles. The van der Waals surface area contributed by atoms with Gasteiger partial charge < -0.3 is 10.2 Å². The number of hydrogen-bond acceptors (Lipinski definition) is 3. The molecule has 140 valence electrons. The quantitative estimate of drug-likeness (QED) is 0.765. The van der Waals surface area contributed by atoms with Crippen LogP contribution >= 0.6 is 23.2 Å². The van der Waals surface area contributed by atoms with Gasteiger partial charge in [-0.25, -0.2) is 0 Å². The van der Waals surface area contributed by atoms with Crippen LogP contribution in [0.25, 0.3) is 0 Å². The number of benzene rings is 2. The van der Waals surface area contributed by atoms with Gasteiger partial charge in [0.15, 0.2) is 5.78 Å². The van der Waals surface area contributed by atoms with Gasteiger partial charge in [-0.1, -0.05) is 23.2 Å². The molecule has 1 heterocycles. The van der Waals surface area contributed by atoms with Gasteiger partial charge in [-0.3, -0.25) is 14.4 Å². The van der Waals surface area contributed by atoms with Crippen LogP contribution in [0.5, 0.6) is 0 Å². The van der Waals surface area contributed by atoms with Crippen molar-refractivity contribution < 1.29 is 14.4 Å². The van der Waals surface area contributed by atoms with E-state index in [1.165, 1.54) is 13.0 Å². The molecule has 1 atom stereocenters. The normalized spacial score (nSPS) is 16.3. The first kappa shape index (κ1) is 19.4. The van der Waals surface area contributed by atoms with E-state index in [0.29, 0.717) is 39.8 Å². The number of carbonyl (C=O) groups excluding carboxylic acids is 3. The van der Waals surface area contributed by atoms with Gasteiger partial charge in [-0.15, -0.1) is 0 Å². The van der Waals surface area contributed by atoms with E-state index in [4.69, 9.17) is 23.2 Å². The fraction of sp³-hybridized carbons (Fsp3) is 0.250. The lowest BCUT2D eigenvalue weighted by atomic mass is 10.1. The number of likely N-dealkylation sites (tertiary alicyclic amines) is 1. The van der Waals surface area contributed by atoms with E-state index in [0.717, 1.165) is 6.42 Å². The van der Waals surface area contributed by atoms with Crippen LogP contribution in [0.2, 0.25) is 10.0 Å². The lowest BCUT2D eigenvalue weighted by Crippen LogP contribution is -2.43. The summed E-state index contributed by atoms with van der Waals surface area (Å²) in [5, 5.41) is 3.49. The molecule has 1 aliphatic rings. The Kier molecular flexibility index (Phi) is 5.82. The minimum atomic E-state index is -0.556. The fourth-order valence-electron chi connectivity index (χ4n) is 3.09. The summed E-state index contributed by atoms with van der Waals surface area (Å²) in [5.74, 6) is -0.545. The van der Waals surface area contributed by atoms with E-state index in [-0.39, 0.29) is 17.6 Å². The average molecular weight is 405 g/mol. The molecule has 2 amide bonds. The highest BCUT2D eigenvalue weighted by molar-refractivity contribution is 6.42. The topological polar surface area (TPSA) is 66.5 Å². The van der Waals surface area contributed by atoms with Gasteiger partial charge in [-0.2, -0.15) is 0 Å². The largest absolute Gasteiger partial charge is 0.327 e. The molecular formula is C20H18Cl2N2O3. The molecule has 2 aromatic carbocycles. The molecule has 1 saturated heterocycles. The van der Waals surface area contributed by atoms with Crippen molar-refractivity contribution in [2.24, 2.45) is 0 Å². The first-order valence-corrected chi connectivity index (χ1v) is 9.30. The van der Waals surface area contributed by atoms with Crippen molar-refractivity contribution >= 4 is 46.5 Å². The molecule has 1 N–H and O–H groups in total. The Morgan fingerprint density at radius 2 is 1.67 bits per heavy atom. The Hall–Kier alpha value is -2.37. The smallest absolute Gasteiger partial charge is 0.254 e. The Morgan fingerprint density at radius 3 is 2.30 bits per heavy atom. The molecule has 0 saturated carbocycles. The first-order chi connectivity index (χ1) is 12.9. The van der Waals surface area contributed by atoms with E-state index >= 15 is 0 Å². The van der Waals surface area contributed by atoms with Crippen LogP contribution in [0.1, 0.15) is 40.5 Å². The number of carbonyl (C=O) groups is 3. The van der Waals surface area contributed by atoms with Crippen LogP contribution in [0.3, 0.4) is 0 Å². The Bertz CT molecular complexity index is 897. The summed E-state index contributed by atoms with van der Waals surface area (Å²) in [6, 6.07) is 10.8. The standard InChI is InChI=1S/C20H18Cl2N2O3/c1-12(25)13-4-7-15(8-5-13)23-19(26)18-3-2-10-24(18)20(27)14-6-9-16(21)17(22)11-14/h4-9,11,18H,2-3,10H2,1H3,(H,23,26). The molecule has 27 heavy (non-hydrogen) atoms. The monoisotopic (exact) mass is 404 g/mol. The molecule has 1 unspecified atom stereocenters. The predicted molar refractivity (Wildman–Crippen MR) is 106 cm³/mol.